The average molecular weight is 472 g/mol. The molecule has 2 heterocycles. The highest BCUT2D eigenvalue weighted by atomic mass is 32.2. The van der Waals surface area contributed by atoms with Gasteiger partial charge in [-0.3, -0.25) is 0 Å². The van der Waals surface area contributed by atoms with Crippen LogP contribution in [-0.4, -0.2) is 39.0 Å². The number of anilines is 1. The molecule has 6 nitrogen and oxygen atoms in total. The quantitative estimate of drug-likeness (QED) is 0.511. The molecule has 1 unspecified atom stereocenters. The molecule has 3 aromatic rings. The minimum Gasteiger partial charge on any atom is -0.497 e. The van der Waals surface area contributed by atoms with E-state index < -0.39 is 15.2 Å². The summed E-state index contributed by atoms with van der Waals surface area (Å²) in [7, 11) is -2.10. The van der Waals surface area contributed by atoms with E-state index in [1.54, 1.807) is 31.4 Å². The normalized spacial score (nSPS) is 15.9. The van der Waals surface area contributed by atoms with Gasteiger partial charge in [0.1, 0.15) is 11.1 Å². The second-order valence-corrected chi connectivity index (χ2v) is 11.3. The van der Waals surface area contributed by atoms with Crippen molar-refractivity contribution in [2.24, 2.45) is 5.92 Å². The molecule has 8 heteroatoms. The maximum absolute atomic E-state index is 13.7. The van der Waals surface area contributed by atoms with Crippen LogP contribution < -0.4 is 15.4 Å². The first kappa shape index (κ1) is 22.8. The Balaban J connectivity index is 1.60. The number of piperidine rings is 1. The number of aromatic nitrogens is 1. The molecule has 1 atom stereocenters. The van der Waals surface area contributed by atoms with Crippen LogP contribution in [0.5, 0.6) is 5.75 Å². The van der Waals surface area contributed by atoms with Crippen molar-refractivity contribution in [3.63, 3.8) is 0 Å². The van der Waals surface area contributed by atoms with E-state index in [2.05, 4.69) is 34.7 Å². The first-order chi connectivity index (χ1) is 15.5. The maximum atomic E-state index is 13.7. The molecule has 0 radical (unpaired) electrons. The summed E-state index contributed by atoms with van der Waals surface area (Å²) in [5.74, 6) is 0.529. The van der Waals surface area contributed by atoms with Gasteiger partial charge in [0, 0.05) is 17.5 Å². The number of rotatable bonds is 8. The molecule has 32 heavy (non-hydrogen) atoms. The van der Waals surface area contributed by atoms with Crippen molar-refractivity contribution in [1.82, 2.24) is 10.3 Å². The van der Waals surface area contributed by atoms with Gasteiger partial charge in [-0.05, 0) is 68.1 Å². The first-order valence-corrected chi connectivity index (χ1v) is 13.2. The zero-order valence-corrected chi connectivity index (χ0v) is 20.0. The lowest BCUT2D eigenvalue weighted by atomic mass is 9.98. The fourth-order valence-corrected chi connectivity index (χ4v) is 6.93. The fourth-order valence-electron chi connectivity index (χ4n) is 4.09. The number of methoxy groups -OCH3 is 1. The predicted molar refractivity (Wildman–Crippen MR) is 129 cm³/mol. The number of sulfone groups is 1. The van der Waals surface area contributed by atoms with Crippen LogP contribution in [0.25, 0.3) is 0 Å². The number of nitrogens with zero attached hydrogens (tertiary/aromatic N) is 1. The molecular formula is C24H29N3O3S2. The van der Waals surface area contributed by atoms with E-state index in [9.17, 15) is 8.42 Å². The van der Waals surface area contributed by atoms with E-state index >= 15 is 0 Å². The number of thiazole rings is 1. The van der Waals surface area contributed by atoms with Crippen molar-refractivity contribution in [2.45, 2.75) is 36.5 Å². The Labute approximate surface area is 194 Å². The largest absolute Gasteiger partial charge is 0.497 e. The summed E-state index contributed by atoms with van der Waals surface area (Å²) < 4.78 is 32.6. The smallest absolute Gasteiger partial charge is 0.199 e. The molecule has 2 aromatic carbocycles. The van der Waals surface area contributed by atoms with Gasteiger partial charge in [0.15, 0.2) is 15.0 Å². The molecule has 0 bridgehead atoms. The molecule has 170 valence electrons. The molecule has 0 spiro atoms. The zero-order valence-electron chi connectivity index (χ0n) is 18.4. The maximum Gasteiger partial charge on any atom is 0.199 e. The summed E-state index contributed by atoms with van der Waals surface area (Å²) in [4.78, 5) is 5.89. The minimum atomic E-state index is -3.64. The molecule has 2 N–H and O–H groups in total. The van der Waals surface area contributed by atoms with Gasteiger partial charge in [-0.2, -0.15) is 0 Å². The summed E-state index contributed by atoms with van der Waals surface area (Å²) in [5.41, 5.74) is 2.49. The molecule has 1 saturated heterocycles. The lowest BCUT2D eigenvalue weighted by Gasteiger charge is -2.31. The first-order valence-electron chi connectivity index (χ1n) is 10.8. The second kappa shape index (κ2) is 10.0. The van der Waals surface area contributed by atoms with Crippen LogP contribution in [-0.2, 0) is 16.3 Å². The number of nitrogens with one attached hydrogen (secondary N) is 2. The predicted octanol–water partition coefficient (Wildman–Crippen LogP) is 4.26. The van der Waals surface area contributed by atoms with Crippen molar-refractivity contribution in [2.75, 3.05) is 25.5 Å². The summed E-state index contributed by atoms with van der Waals surface area (Å²) in [5, 5.41) is 6.52. The minimum absolute atomic E-state index is 0.00355. The summed E-state index contributed by atoms with van der Waals surface area (Å²) >= 11 is 1.52. The number of hydrogen-bond acceptors (Lipinski definition) is 7. The second-order valence-electron chi connectivity index (χ2n) is 8.11. The van der Waals surface area contributed by atoms with E-state index in [4.69, 9.17) is 4.74 Å². The molecule has 0 saturated carbocycles. The molecule has 1 fully saturated rings. The van der Waals surface area contributed by atoms with Crippen LogP contribution in [0.3, 0.4) is 0 Å². The van der Waals surface area contributed by atoms with E-state index in [1.807, 2.05) is 18.3 Å². The lowest BCUT2D eigenvalue weighted by Crippen LogP contribution is -2.42. The number of aryl methyl sites for hydroxylation is 1. The van der Waals surface area contributed by atoms with E-state index in [-0.39, 0.29) is 10.8 Å². The van der Waals surface area contributed by atoms with Gasteiger partial charge >= 0.3 is 0 Å². The Morgan fingerprint density at radius 2 is 1.97 bits per heavy atom. The Kier molecular flexibility index (Phi) is 7.13. The van der Waals surface area contributed by atoms with Crippen LogP contribution in [0, 0.1) is 12.8 Å². The highest BCUT2D eigenvalue weighted by Gasteiger charge is 2.36. The molecule has 1 aliphatic heterocycles. The summed E-state index contributed by atoms with van der Waals surface area (Å²) in [6.07, 6.45) is 4.22. The van der Waals surface area contributed by atoms with Gasteiger partial charge in [0.2, 0.25) is 0 Å². The Morgan fingerprint density at radius 3 is 2.72 bits per heavy atom. The van der Waals surface area contributed by atoms with E-state index in [0.717, 1.165) is 37.2 Å². The monoisotopic (exact) mass is 471 g/mol. The Hall–Kier alpha value is -2.42. The van der Waals surface area contributed by atoms with Crippen LogP contribution in [0.1, 0.15) is 28.8 Å². The zero-order chi connectivity index (χ0) is 22.6. The summed E-state index contributed by atoms with van der Waals surface area (Å²) in [6.45, 7) is 3.73. The Bertz CT molecular complexity index is 1150. The lowest BCUT2D eigenvalue weighted by molar-refractivity contribution is 0.367. The highest BCUT2D eigenvalue weighted by Crippen LogP contribution is 2.32. The van der Waals surface area contributed by atoms with Gasteiger partial charge < -0.3 is 15.4 Å². The summed E-state index contributed by atoms with van der Waals surface area (Å²) in [6, 6.07) is 15.0. The van der Waals surface area contributed by atoms with Crippen LogP contribution in [0.15, 0.2) is 59.6 Å². The third-order valence-electron chi connectivity index (χ3n) is 5.96. The van der Waals surface area contributed by atoms with Crippen molar-refractivity contribution in [3.05, 3.63) is 70.7 Å². The van der Waals surface area contributed by atoms with Crippen molar-refractivity contribution in [3.8, 4) is 5.75 Å². The van der Waals surface area contributed by atoms with Crippen molar-refractivity contribution in [1.29, 1.82) is 0 Å². The van der Waals surface area contributed by atoms with Crippen molar-refractivity contribution >= 4 is 26.3 Å². The highest BCUT2D eigenvalue weighted by molar-refractivity contribution is 7.92. The van der Waals surface area contributed by atoms with Gasteiger partial charge in [0.05, 0.1) is 12.0 Å². The standard InChI is InChI=1S/C24H29N3O3S2/c1-17-6-3-4-7-19(17)14-21-16-26-24(31-21)27-23(18-10-12-25-13-11-18)32(28,29)22-9-5-8-20(15-22)30-2/h3-9,15-16,18,23,25H,10-14H2,1-2H3,(H,26,27). The topological polar surface area (TPSA) is 80.3 Å². The molecule has 1 aromatic heterocycles. The average Bonchev–Trinajstić information content (AvgIpc) is 3.26. The molecule has 0 aliphatic carbocycles. The van der Waals surface area contributed by atoms with Crippen LogP contribution >= 0.6 is 11.3 Å². The van der Waals surface area contributed by atoms with Crippen molar-refractivity contribution < 1.29 is 13.2 Å². The SMILES string of the molecule is COc1cccc(S(=O)(=O)C(Nc2ncc(Cc3ccccc3C)s2)C2CCNCC2)c1. The van der Waals surface area contributed by atoms with Crippen LogP contribution in [0.4, 0.5) is 5.13 Å². The number of ether oxygens (including phenoxy) is 1. The fraction of sp³-hybridized carbons (Fsp3) is 0.375. The molecular weight excluding hydrogens is 442 g/mol. The third kappa shape index (κ3) is 5.14. The number of hydrogen-bond donors (Lipinski definition) is 2. The van der Waals surface area contributed by atoms with Gasteiger partial charge in [-0.15, -0.1) is 11.3 Å². The van der Waals surface area contributed by atoms with E-state index in [0.29, 0.717) is 10.9 Å². The molecule has 0 amide bonds. The van der Waals surface area contributed by atoms with Gasteiger partial charge in [0.25, 0.3) is 0 Å². The molecule has 1 aliphatic rings. The van der Waals surface area contributed by atoms with Crippen LogP contribution in [0.2, 0.25) is 0 Å². The van der Waals surface area contributed by atoms with Gasteiger partial charge in [-0.1, -0.05) is 30.3 Å². The van der Waals surface area contributed by atoms with E-state index in [1.165, 1.54) is 22.5 Å². The van der Waals surface area contributed by atoms with Gasteiger partial charge in [-0.25, -0.2) is 13.4 Å². The Morgan fingerprint density at radius 1 is 1.19 bits per heavy atom. The molecule has 4 rings (SSSR count). The number of benzene rings is 2. The third-order valence-corrected chi connectivity index (χ3v) is 8.97.